The van der Waals surface area contributed by atoms with Crippen LogP contribution in [0.3, 0.4) is 0 Å². The second-order valence-electron chi connectivity index (χ2n) is 3.89. The van der Waals surface area contributed by atoms with Crippen LogP contribution in [0.25, 0.3) is 0 Å². The number of alkyl halides is 2. The van der Waals surface area contributed by atoms with E-state index in [-0.39, 0.29) is 6.61 Å². The molecule has 0 heterocycles. The number of alkyl carbamates (subject to hydrolysis) is 1. The highest BCUT2D eigenvalue weighted by Crippen LogP contribution is 2.00. The van der Waals surface area contributed by atoms with Gasteiger partial charge in [-0.3, -0.25) is 4.90 Å². The van der Waals surface area contributed by atoms with Gasteiger partial charge in [-0.15, -0.1) is 23.2 Å². The fourth-order valence-corrected chi connectivity index (χ4v) is 1.94. The van der Waals surface area contributed by atoms with Crippen molar-refractivity contribution in [3.63, 3.8) is 0 Å². The summed E-state index contributed by atoms with van der Waals surface area (Å²) in [6.45, 7) is 1.99. The lowest BCUT2D eigenvalue weighted by Gasteiger charge is -2.20. The number of nitrogens with zero attached hydrogens (tertiary/aromatic N) is 1. The minimum Gasteiger partial charge on any atom is -0.445 e. The average Bonchev–Trinajstić information content (AvgIpc) is 2.44. The van der Waals surface area contributed by atoms with Crippen LogP contribution < -0.4 is 5.32 Å². The average molecular weight is 305 g/mol. The molecule has 0 bridgehead atoms. The molecule has 106 valence electrons. The first-order valence-corrected chi connectivity index (χ1v) is 7.12. The fourth-order valence-electron chi connectivity index (χ4n) is 1.46. The van der Waals surface area contributed by atoms with Crippen molar-refractivity contribution >= 4 is 29.3 Å². The molecule has 0 saturated heterocycles. The number of carbonyl (C=O) groups is 1. The third kappa shape index (κ3) is 7.25. The van der Waals surface area contributed by atoms with E-state index < -0.39 is 6.09 Å². The molecule has 6 heteroatoms. The minimum atomic E-state index is -0.446. The van der Waals surface area contributed by atoms with Gasteiger partial charge in [0, 0.05) is 24.8 Å². The smallest absolute Gasteiger partial charge is 0.408 e. The van der Waals surface area contributed by atoms with E-state index >= 15 is 0 Å². The van der Waals surface area contributed by atoms with Gasteiger partial charge in [-0.25, -0.2) is 4.79 Å². The SMILES string of the molecule is O=C(NCN(CCCl)CCCl)OCc1ccccc1. The summed E-state index contributed by atoms with van der Waals surface area (Å²) in [7, 11) is 0. The molecule has 0 atom stereocenters. The maximum absolute atomic E-state index is 11.5. The first kappa shape index (κ1) is 16.1. The Morgan fingerprint density at radius 1 is 1.16 bits per heavy atom. The van der Waals surface area contributed by atoms with Crippen LogP contribution in [-0.2, 0) is 11.3 Å². The Bertz CT molecular complexity index is 357. The predicted molar refractivity (Wildman–Crippen MR) is 77.6 cm³/mol. The van der Waals surface area contributed by atoms with Gasteiger partial charge in [0.25, 0.3) is 0 Å². The molecule has 4 nitrogen and oxygen atoms in total. The van der Waals surface area contributed by atoms with E-state index in [1.807, 2.05) is 35.2 Å². The largest absolute Gasteiger partial charge is 0.445 e. The van der Waals surface area contributed by atoms with Crippen molar-refractivity contribution in [3.8, 4) is 0 Å². The van der Waals surface area contributed by atoms with Gasteiger partial charge >= 0.3 is 6.09 Å². The topological polar surface area (TPSA) is 41.6 Å². The Balaban J connectivity index is 2.23. The molecule has 0 aliphatic carbocycles. The van der Waals surface area contributed by atoms with Gasteiger partial charge in [-0.05, 0) is 5.56 Å². The van der Waals surface area contributed by atoms with Gasteiger partial charge < -0.3 is 10.1 Å². The first-order valence-electron chi connectivity index (χ1n) is 6.05. The van der Waals surface area contributed by atoms with E-state index in [1.54, 1.807) is 0 Å². The molecule has 0 radical (unpaired) electrons. The molecular formula is C13H18Cl2N2O2. The van der Waals surface area contributed by atoms with Gasteiger partial charge in [-0.2, -0.15) is 0 Å². The maximum Gasteiger partial charge on any atom is 0.408 e. The molecule has 0 spiro atoms. The molecule has 19 heavy (non-hydrogen) atoms. The second-order valence-corrected chi connectivity index (χ2v) is 4.65. The van der Waals surface area contributed by atoms with Crippen molar-refractivity contribution in [3.05, 3.63) is 35.9 Å². The highest BCUT2D eigenvalue weighted by molar-refractivity contribution is 6.18. The van der Waals surface area contributed by atoms with Crippen molar-refractivity contribution in [2.75, 3.05) is 31.5 Å². The summed E-state index contributed by atoms with van der Waals surface area (Å²) in [4.78, 5) is 13.5. The number of nitrogens with one attached hydrogen (secondary N) is 1. The van der Waals surface area contributed by atoms with Crippen molar-refractivity contribution in [1.29, 1.82) is 0 Å². The van der Waals surface area contributed by atoms with Gasteiger partial charge in [-0.1, -0.05) is 30.3 Å². The molecule has 0 unspecified atom stereocenters. The van der Waals surface area contributed by atoms with Crippen molar-refractivity contribution in [2.45, 2.75) is 6.61 Å². The number of halogens is 2. The van der Waals surface area contributed by atoms with Gasteiger partial charge in [0.2, 0.25) is 0 Å². The number of amides is 1. The maximum atomic E-state index is 11.5. The van der Waals surface area contributed by atoms with E-state index in [2.05, 4.69) is 5.32 Å². The molecular weight excluding hydrogens is 287 g/mol. The summed E-state index contributed by atoms with van der Waals surface area (Å²) in [6, 6.07) is 9.53. The fraction of sp³-hybridized carbons (Fsp3) is 0.462. The zero-order chi connectivity index (χ0) is 13.9. The quantitative estimate of drug-likeness (QED) is 0.593. The van der Waals surface area contributed by atoms with Crippen molar-refractivity contribution in [2.24, 2.45) is 0 Å². The summed E-state index contributed by atoms with van der Waals surface area (Å²) in [5.74, 6) is 0.995. The Labute approximate surface area is 123 Å². The van der Waals surface area contributed by atoms with Crippen LogP contribution in [-0.4, -0.2) is 42.5 Å². The summed E-state index contributed by atoms with van der Waals surface area (Å²) >= 11 is 11.3. The minimum absolute atomic E-state index is 0.262. The number of ether oxygens (including phenoxy) is 1. The van der Waals surface area contributed by atoms with Crippen LogP contribution in [0, 0.1) is 0 Å². The Hall–Kier alpha value is -0.970. The Morgan fingerprint density at radius 2 is 1.79 bits per heavy atom. The molecule has 1 aromatic rings. The van der Waals surface area contributed by atoms with Crippen LogP contribution in [0.1, 0.15) is 5.56 Å². The summed E-state index contributed by atoms with van der Waals surface area (Å²) in [5.41, 5.74) is 0.955. The van der Waals surface area contributed by atoms with E-state index in [4.69, 9.17) is 27.9 Å². The van der Waals surface area contributed by atoms with Gasteiger partial charge in [0.15, 0.2) is 0 Å². The zero-order valence-electron chi connectivity index (χ0n) is 10.6. The molecule has 0 aliphatic heterocycles. The summed E-state index contributed by atoms with van der Waals surface area (Å²) < 4.78 is 5.09. The molecule has 1 N–H and O–H groups in total. The molecule has 1 amide bonds. The number of benzene rings is 1. The normalized spacial score (nSPS) is 10.5. The summed E-state index contributed by atoms with van der Waals surface area (Å²) in [6.07, 6.45) is -0.446. The van der Waals surface area contributed by atoms with Crippen LogP contribution in [0.15, 0.2) is 30.3 Å². The third-order valence-electron chi connectivity index (χ3n) is 2.46. The van der Waals surface area contributed by atoms with E-state index in [9.17, 15) is 4.79 Å². The first-order chi connectivity index (χ1) is 9.26. The molecule has 0 aromatic heterocycles. The molecule has 0 saturated carbocycles. The Morgan fingerprint density at radius 3 is 2.37 bits per heavy atom. The van der Waals surface area contributed by atoms with E-state index in [0.717, 1.165) is 5.56 Å². The standard InChI is InChI=1S/C13H18Cl2N2O2/c14-6-8-17(9-7-15)11-16-13(18)19-10-12-4-2-1-3-5-12/h1-5H,6-11H2,(H,16,18). The number of rotatable bonds is 8. The lowest BCUT2D eigenvalue weighted by molar-refractivity contribution is 0.132. The van der Waals surface area contributed by atoms with Crippen molar-refractivity contribution in [1.82, 2.24) is 10.2 Å². The second kappa shape index (κ2) is 9.89. The highest BCUT2D eigenvalue weighted by Gasteiger charge is 2.07. The molecule has 0 fully saturated rings. The predicted octanol–water partition coefficient (Wildman–Crippen LogP) is 2.65. The number of hydrogen-bond acceptors (Lipinski definition) is 3. The molecule has 1 aromatic carbocycles. The molecule has 0 aliphatic rings. The van der Waals surface area contributed by atoms with Crippen molar-refractivity contribution < 1.29 is 9.53 Å². The van der Waals surface area contributed by atoms with E-state index in [1.165, 1.54) is 0 Å². The zero-order valence-corrected chi connectivity index (χ0v) is 12.2. The number of carbonyl (C=O) groups excluding carboxylic acids is 1. The third-order valence-corrected chi connectivity index (χ3v) is 2.80. The summed E-state index contributed by atoms with van der Waals surface area (Å²) in [5, 5.41) is 2.67. The van der Waals surface area contributed by atoms with Crippen LogP contribution in [0.4, 0.5) is 4.79 Å². The van der Waals surface area contributed by atoms with Gasteiger partial charge in [0.05, 0.1) is 6.67 Å². The van der Waals surface area contributed by atoms with Crippen LogP contribution in [0.5, 0.6) is 0 Å². The number of hydrogen-bond donors (Lipinski definition) is 1. The lowest BCUT2D eigenvalue weighted by atomic mass is 10.2. The lowest BCUT2D eigenvalue weighted by Crippen LogP contribution is -2.39. The van der Waals surface area contributed by atoms with Gasteiger partial charge in [0.1, 0.15) is 6.61 Å². The Kier molecular flexibility index (Phi) is 8.38. The van der Waals surface area contributed by atoms with Crippen LogP contribution in [0.2, 0.25) is 0 Å². The van der Waals surface area contributed by atoms with Crippen LogP contribution >= 0.6 is 23.2 Å². The monoisotopic (exact) mass is 304 g/mol. The highest BCUT2D eigenvalue weighted by atomic mass is 35.5. The van der Waals surface area contributed by atoms with E-state index in [0.29, 0.717) is 31.5 Å². The molecule has 1 rings (SSSR count).